The molecule has 0 aliphatic rings. The van der Waals surface area contributed by atoms with Gasteiger partial charge in [0.25, 0.3) is 5.91 Å². The molecule has 4 rings (SSSR count). The van der Waals surface area contributed by atoms with Gasteiger partial charge in [0.05, 0.1) is 27.0 Å². The lowest BCUT2D eigenvalue weighted by atomic mass is 10.1. The fraction of sp³-hybridized carbons (Fsp3) is 0.217. The van der Waals surface area contributed by atoms with Crippen LogP contribution in [-0.4, -0.2) is 58.3 Å². The first-order valence-corrected chi connectivity index (χ1v) is 10.9. The Kier molecular flexibility index (Phi) is 7.39. The Balaban J connectivity index is 1.64. The Morgan fingerprint density at radius 2 is 1.92 bits per heavy atom. The molecule has 0 saturated heterocycles. The highest BCUT2D eigenvalue weighted by atomic mass is 16.6. The minimum absolute atomic E-state index is 0.0133. The molecule has 1 amide bonds. The van der Waals surface area contributed by atoms with E-state index in [4.69, 9.17) is 24.6 Å². The Morgan fingerprint density at radius 1 is 1.14 bits per heavy atom. The minimum Gasteiger partial charge on any atom is -0.497 e. The maximum atomic E-state index is 13.1. The quantitative estimate of drug-likeness (QED) is 0.248. The largest absolute Gasteiger partial charge is 0.497 e. The van der Waals surface area contributed by atoms with Crippen LogP contribution in [-0.2, 0) is 0 Å². The number of hydrogen-bond donors (Lipinski definition) is 2. The number of carbonyl (C=O) groups is 1. The molecule has 0 bridgehead atoms. The maximum Gasteiger partial charge on any atom is 0.294 e. The van der Waals surface area contributed by atoms with Crippen LogP contribution in [0, 0.1) is 0 Å². The number of amides is 1. The fourth-order valence-corrected chi connectivity index (χ4v) is 3.25. The van der Waals surface area contributed by atoms with Gasteiger partial charge in [-0.1, -0.05) is 12.1 Å². The zero-order valence-corrected chi connectivity index (χ0v) is 19.8. The van der Waals surface area contributed by atoms with Crippen LogP contribution in [0.4, 0.5) is 5.82 Å². The van der Waals surface area contributed by atoms with Crippen molar-refractivity contribution in [2.75, 3.05) is 26.6 Å². The number of ether oxygens (including phenoxy) is 3. The van der Waals surface area contributed by atoms with E-state index >= 15 is 0 Å². The van der Waals surface area contributed by atoms with Crippen molar-refractivity contribution in [2.24, 2.45) is 5.10 Å². The van der Waals surface area contributed by atoms with E-state index in [0.717, 1.165) is 6.42 Å². The molecule has 0 saturated carbocycles. The third kappa shape index (κ3) is 5.09. The van der Waals surface area contributed by atoms with Gasteiger partial charge >= 0.3 is 0 Å². The van der Waals surface area contributed by atoms with E-state index < -0.39 is 5.91 Å². The van der Waals surface area contributed by atoms with Crippen molar-refractivity contribution in [3.05, 3.63) is 53.7 Å². The second-order valence-corrected chi connectivity index (χ2v) is 7.35. The zero-order chi connectivity index (χ0) is 25.5. The zero-order valence-electron chi connectivity index (χ0n) is 19.8. The summed E-state index contributed by atoms with van der Waals surface area (Å²) in [4.78, 5) is 13.1. The van der Waals surface area contributed by atoms with E-state index in [-0.39, 0.29) is 17.3 Å². The number of methoxy groups -OCH3 is 2. The van der Waals surface area contributed by atoms with Gasteiger partial charge in [-0.25, -0.2) is 10.1 Å². The lowest BCUT2D eigenvalue weighted by Crippen LogP contribution is -2.19. The number of nitrogens with zero attached hydrogens (tertiary/aromatic N) is 6. The molecular weight excluding hydrogens is 468 g/mol. The molecule has 36 heavy (non-hydrogen) atoms. The van der Waals surface area contributed by atoms with Gasteiger partial charge in [-0.2, -0.15) is 9.78 Å². The predicted octanol–water partition coefficient (Wildman–Crippen LogP) is 2.47. The molecule has 0 spiro atoms. The van der Waals surface area contributed by atoms with Crippen molar-refractivity contribution >= 4 is 17.9 Å². The van der Waals surface area contributed by atoms with Crippen molar-refractivity contribution in [2.45, 2.75) is 13.3 Å². The Labute approximate surface area is 205 Å². The Bertz CT molecular complexity index is 1360. The molecule has 0 atom stereocenters. The van der Waals surface area contributed by atoms with Gasteiger partial charge in [0.1, 0.15) is 22.9 Å². The van der Waals surface area contributed by atoms with Crippen LogP contribution in [0.25, 0.3) is 17.1 Å². The summed E-state index contributed by atoms with van der Waals surface area (Å²) in [6, 6.07) is 12.3. The average Bonchev–Trinajstić information content (AvgIpc) is 3.53. The van der Waals surface area contributed by atoms with E-state index in [1.807, 2.05) is 6.92 Å². The summed E-state index contributed by atoms with van der Waals surface area (Å²) >= 11 is 0. The third-order valence-corrected chi connectivity index (χ3v) is 4.99. The third-order valence-electron chi connectivity index (χ3n) is 4.99. The van der Waals surface area contributed by atoms with Crippen molar-refractivity contribution in [1.82, 2.24) is 30.7 Å². The molecule has 0 radical (unpaired) electrons. The van der Waals surface area contributed by atoms with Crippen LogP contribution in [0.1, 0.15) is 29.4 Å². The van der Waals surface area contributed by atoms with E-state index in [9.17, 15) is 4.79 Å². The van der Waals surface area contributed by atoms with Crippen molar-refractivity contribution in [1.29, 1.82) is 0 Å². The molecule has 0 fully saturated rings. The number of carbonyl (C=O) groups excluding carboxylic acids is 1. The summed E-state index contributed by atoms with van der Waals surface area (Å²) in [5.41, 5.74) is 9.86. The van der Waals surface area contributed by atoms with Gasteiger partial charge in [-0.05, 0) is 53.1 Å². The van der Waals surface area contributed by atoms with Crippen LogP contribution in [0.3, 0.4) is 0 Å². The number of hydrazone groups is 1. The molecule has 0 aliphatic heterocycles. The van der Waals surface area contributed by atoms with E-state index in [1.165, 1.54) is 18.0 Å². The van der Waals surface area contributed by atoms with E-state index in [0.29, 0.717) is 40.7 Å². The van der Waals surface area contributed by atoms with E-state index in [1.54, 1.807) is 49.6 Å². The summed E-state index contributed by atoms with van der Waals surface area (Å²) in [6.45, 7) is 2.61. The molecule has 2 aromatic carbocycles. The molecule has 0 unspecified atom stereocenters. The first-order chi connectivity index (χ1) is 17.5. The van der Waals surface area contributed by atoms with Gasteiger partial charge in [0, 0.05) is 17.2 Å². The first-order valence-electron chi connectivity index (χ1n) is 10.9. The number of benzene rings is 2. The standard InChI is InChI=1S/C23H24N8O5/c1-4-11-35-16-8-5-14(6-9-16)20-19(26-30-31(20)22-21(24)28-36-29-22)23(32)27-25-13-15-7-10-17(33-2)12-18(15)34-3/h5-10,12-13H,4,11H2,1-3H3,(H2,24,28)(H,27,32). The summed E-state index contributed by atoms with van der Waals surface area (Å²) in [7, 11) is 3.08. The number of nitrogen functional groups attached to an aromatic ring is 1. The van der Waals surface area contributed by atoms with Crippen molar-refractivity contribution in [3.63, 3.8) is 0 Å². The van der Waals surface area contributed by atoms with Crippen LogP contribution in [0.2, 0.25) is 0 Å². The van der Waals surface area contributed by atoms with E-state index in [2.05, 4.69) is 31.2 Å². The lowest BCUT2D eigenvalue weighted by molar-refractivity contribution is 0.0950. The van der Waals surface area contributed by atoms with Gasteiger partial charge < -0.3 is 19.9 Å². The summed E-state index contributed by atoms with van der Waals surface area (Å²) in [6.07, 6.45) is 2.32. The fourth-order valence-electron chi connectivity index (χ4n) is 3.25. The number of nitrogens with one attached hydrogen (secondary N) is 1. The lowest BCUT2D eigenvalue weighted by Gasteiger charge is -2.08. The van der Waals surface area contributed by atoms with Crippen LogP contribution >= 0.6 is 0 Å². The predicted molar refractivity (Wildman–Crippen MR) is 129 cm³/mol. The second kappa shape index (κ2) is 11.0. The number of aromatic nitrogens is 5. The Morgan fingerprint density at radius 3 is 2.58 bits per heavy atom. The smallest absolute Gasteiger partial charge is 0.294 e. The van der Waals surface area contributed by atoms with Crippen LogP contribution in [0.15, 0.2) is 52.2 Å². The molecule has 0 aliphatic carbocycles. The highest BCUT2D eigenvalue weighted by molar-refractivity contribution is 5.99. The van der Waals surface area contributed by atoms with Gasteiger partial charge in [-0.15, -0.1) is 5.10 Å². The highest BCUT2D eigenvalue weighted by Gasteiger charge is 2.25. The van der Waals surface area contributed by atoms with Crippen molar-refractivity contribution < 1.29 is 23.6 Å². The molecule has 4 aromatic rings. The number of rotatable bonds is 10. The summed E-state index contributed by atoms with van der Waals surface area (Å²) in [5.74, 6) is 1.31. The molecule has 2 heterocycles. The topological polar surface area (TPSA) is 165 Å². The SMILES string of the molecule is CCCOc1ccc(-c2c(C(=O)NN=Cc3ccc(OC)cc3OC)nnn2-c2nonc2N)cc1. The molecular formula is C23H24N8O5. The number of nitrogens with two attached hydrogens (primary N) is 1. The molecule has 13 heteroatoms. The minimum atomic E-state index is -0.610. The summed E-state index contributed by atoms with van der Waals surface area (Å²) < 4.78 is 22.2. The average molecular weight is 492 g/mol. The monoisotopic (exact) mass is 492 g/mol. The molecule has 13 nitrogen and oxygen atoms in total. The van der Waals surface area contributed by atoms with Gasteiger partial charge in [0.15, 0.2) is 5.69 Å². The number of hydrogen-bond acceptors (Lipinski definition) is 11. The molecule has 3 N–H and O–H groups in total. The number of anilines is 1. The molecule has 186 valence electrons. The second-order valence-electron chi connectivity index (χ2n) is 7.35. The normalized spacial score (nSPS) is 11.0. The highest BCUT2D eigenvalue weighted by Crippen LogP contribution is 2.28. The van der Waals surface area contributed by atoms with Crippen LogP contribution < -0.4 is 25.4 Å². The maximum absolute atomic E-state index is 13.1. The first kappa shape index (κ1) is 24.2. The van der Waals surface area contributed by atoms with Gasteiger partial charge in [-0.3, -0.25) is 4.79 Å². The Hall–Kier alpha value is -4.94. The summed E-state index contributed by atoms with van der Waals surface area (Å²) in [5, 5.41) is 19.5. The van der Waals surface area contributed by atoms with Crippen molar-refractivity contribution in [3.8, 4) is 34.3 Å². The molecule has 2 aromatic heterocycles. The van der Waals surface area contributed by atoms with Gasteiger partial charge in [0.2, 0.25) is 11.6 Å². The van der Waals surface area contributed by atoms with Crippen LogP contribution in [0.5, 0.6) is 17.2 Å².